The van der Waals surface area contributed by atoms with Crippen LogP contribution >= 0.6 is 11.6 Å². The molecule has 106 valence electrons. The van der Waals surface area contributed by atoms with Gasteiger partial charge in [0, 0.05) is 11.1 Å². The number of halogens is 1. The maximum absolute atomic E-state index is 5.96. The van der Waals surface area contributed by atoms with Crippen LogP contribution < -0.4 is 5.32 Å². The van der Waals surface area contributed by atoms with E-state index in [1.165, 1.54) is 31.2 Å². The Labute approximate surface area is 122 Å². The molecule has 1 aliphatic carbocycles. The van der Waals surface area contributed by atoms with Crippen LogP contribution in [0.4, 0.5) is 0 Å². The van der Waals surface area contributed by atoms with Crippen LogP contribution in [0.15, 0.2) is 24.3 Å². The first-order valence-corrected chi connectivity index (χ1v) is 8.04. The molecule has 1 N–H and O–H groups in total. The molecule has 1 nitrogen and oxygen atoms in total. The van der Waals surface area contributed by atoms with E-state index in [1.54, 1.807) is 0 Å². The number of benzene rings is 1. The summed E-state index contributed by atoms with van der Waals surface area (Å²) < 4.78 is 0. The van der Waals surface area contributed by atoms with Gasteiger partial charge in [-0.15, -0.1) is 0 Å². The van der Waals surface area contributed by atoms with Crippen LogP contribution in [0, 0.1) is 11.8 Å². The largest absolute Gasteiger partial charge is 0.314 e. The van der Waals surface area contributed by atoms with Gasteiger partial charge in [0.15, 0.2) is 0 Å². The quantitative estimate of drug-likeness (QED) is 0.825. The molecule has 0 aromatic heterocycles. The zero-order valence-corrected chi connectivity index (χ0v) is 12.9. The molecule has 1 aliphatic rings. The molecule has 0 saturated heterocycles. The van der Waals surface area contributed by atoms with Gasteiger partial charge in [-0.3, -0.25) is 0 Å². The van der Waals surface area contributed by atoms with Crippen LogP contribution in [-0.2, 0) is 6.42 Å². The molecule has 1 unspecified atom stereocenters. The fourth-order valence-electron chi connectivity index (χ4n) is 3.23. The minimum Gasteiger partial charge on any atom is -0.314 e. The average molecular weight is 280 g/mol. The second kappa shape index (κ2) is 7.31. The van der Waals surface area contributed by atoms with Crippen molar-refractivity contribution in [2.45, 2.75) is 52.0 Å². The maximum atomic E-state index is 5.96. The summed E-state index contributed by atoms with van der Waals surface area (Å²) in [6.45, 7) is 5.66. The highest BCUT2D eigenvalue weighted by Gasteiger charge is 2.25. The summed E-state index contributed by atoms with van der Waals surface area (Å²) in [5, 5.41) is 4.53. The summed E-state index contributed by atoms with van der Waals surface area (Å²) in [6.07, 6.45) is 6.68. The van der Waals surface area contributed by atoms with Crippen LogP contribution in [-0.4, -0.2) is 12.6 Å². The molecule has 1 atom stereocenters. The molecule has 19 heavy (non-hydrogen) atoms. The van der Waals surface area contributed by atoms with Crippen LogP contribution in [0.2, 0.25) is 5.02 Å². The van der Waals surface area contributed by atoms with Crippen molar-refractivity contribution in [2.24, 2.45) is 11.8 Å². The van der Waals surface area contributed by atoms with Crippen molar-refractivity contribution in [3.63, 3.8) is 0 Å². The SMILES string of the molecule is CCNC(Cc1ccc(Cl)cc1)C1CCC(C)CC1. The first kappa shape index (κ1) is 14.9. The van der Waals surface area contributed by atoms with Gasteiger partial charge < -0.3 is 5.32 Å². The molecule has 1 saturated carbocycles. The lowest BCUT2D eigenvalue weighted by Gasteiger charge is -2.33. The van der Waals surface area contributed by atoms with Crippen LogP contribution in [0.3, 0.4) is 0 Å². The lowest BCUT2D eigenvalue weighted by molar-refractivity contribution is 0.230. The third-order valence-electron chi connectivity index (χ3n) is 4.46. The Kier molecular flexibility index (Phi) is 5.72. The Morgan fingerprint density at radius 2 is 1.79 bits per heavy atom. The molecule has 1 fully saturated rings. The number of likely N-dealkylation sites (N-methyl/N-ethyl adjacent to an activating group) is 1. The van der Waals surface area contributed by atoms with Crippen molar-refractivity contribution in [3.8, 4) is 0 Å². The third-order valence-corrected chi connectivity index (χ3v) is 4.72. The Morgan fingerprint density at radius 1 is 1.16 bits per heavy atom. The van der Waals surface area contributed by atoms with E-state index in [4.69, 9.17) is 11.6 Å². The van der Waals surface area contributed by atoms with E-state index in [9.17, 15) is 0 Å². The van der Waals surface area contributed by atoms with Crippen LogP contribution in [0.5, 0.6) is 0 Å². The van der Waals surface area contributed by atoms with Crippen molar-refractivity contribution in [1.82, 2.24) is 5.32 Å². The normalized spacial score (nSPS) is 25.2. The predicted molar refractivity (Wildman–Crippen MR) is 83.7 cm³/mol. The summed E-state index contributed by atoms with van der Waals surface area (Å²) in [4.78, 5) is 0. The molecular weight excluding hydrogens is 254 g/mol. The summed E-state index contributed by atoms with van der Waals surface area (Å²) in [5.74, 6) is 1.76. The van der Waals surface area contributed by atoms with Gasteiger partial charge >= 0.3 is 0 Å². The summed E-state index contributed by atoms with van der Waals surface area (Å²) in [7, 11) is 0. The summed E-state index contributed by atoms with van der Waals surface area (Å²) in [5.41, 5.74) is 1.40. The molecule has 0 bridgehead atoms. The Hall–Kier alpha value is -0.530. The fraction of sp³-hybridized carbons (Fsp3) is 0.647. The fourth-order valence-corrected chi connectivity index (χ4v) is 3.36. The van der Waals surface area contributed by atoms with Gasteiger partial charge in [0.25, 0.3) is 0 Å². The topological polar surface area (TPSA) is 12.0 Å². The molecule has 2 heteroatoms. The highest BCUT2D eigenvalue weighted by molar-refractivity contribution is 6.30. The molecule has 0 heterocycles. The lowest BCUT2D eigenvalue weighted by atomic mass is 9.77. The summed E-state index contributed by atoms with van der Waals surface area (Å²) in [6, 6.07) is 8.96. The zero-order chi connectivity index (χ0) is 13.7. The van der Waals surface area contributed by atoms with E-state index in [1.807, 2.05) is 12.1 Å². The Balaban J connectivity index is 1.97. The molecule has 1 aromatic carbocycles. The highest BCUT2D eigenvalue weighted by Crippen LogP contribution is 2.31. The van der Waals surface area contributed by atoms with Gasteiger partial charge in [-0.25, -0.2) is 0 Å². The minimum atomic E-state index is 0.624. The highest BCUT2D eigenvalue weighted by atomic mass is 35.5. The minimum absolute atomic E-state index is 0.624. The van der Waals surface area contributed by atoms with Crippen LogP contribution in [0.1, 0.15) is 45.1 Å². The Morgan fingerprint density at radius 3 is 2.37 bits per heavy atom. The van der Waals surface area contributed by atoms with Crippen molar-refractivity contribution in [2.75, 3.05) is 6.54 Å². The Bertz CT molecular complexity index is 365. The van der Waals surface area contributed by atoms with Gasteiger partial charge in [-0.2, -0.15) is 0 Å². The number of nitrogens with one attached hydrogen (secondary N) is 1. The van der Waals surface area contributed by atoms with E-state index < -0.39 is 0 Å². The molecule has 2 rings (SSSR count). The summed E-state index contributed by atoms with van der Waals surface area (Å²) >= 11 is 5.96. The van der Waals surface area contributed by atoms with Crippen molar-refractivity contribution >= 4 is 11.6 Å². The third kappa shape index (κ3) is 4.50. The van der Waals surface area contributed by atoms with Crippen molar-refractivity contribution < 1.29 is 0 Å². The second-order valence-corrected chi connectivity index (χ2v) is 6.45. The van der Waals surface area contributed by atoms with E-state index in [0.29, 0.717) is 6.04 Å². The number of rotatable bonds is 5. The molecule has 0 spiro atoms. The van der Waals surface area contributed by atoms with Gasteiger partial charge in [-0.1, -0.05) is 50.4 Å². The van der Waals surface area contributed by atoms with Crippen molar-refractivity contribution in [3.05, 3.63) is 34.9 Å². The van der Waals surface area contributed by atoms with E-state index in [2.05, 4.69) is 31.3 Å². The van der Waals surface area contributed by atoms with E-state index in [0.717, 1.165) is 29.8 Å². The lowest BCUT2D eigenvalue weighted by Crippen LogP contribution is -2.39. The van der Waals surface area contributed by atoms with Crippen molar-refractivity contribution in [1.29, 1.82) is 0 Å². The molecule has 0 radical (unpaired) electrons. The first-order valence-electron chi connectivity index (χ1n) is 7.67. The predicted octanol–water partition coefficient (Wildman–Crippen LogP) is 4.69. The van der Waals surface area contributed by atoms with Gasteiger partial charge in [-0.05, 0) is 55.3 Å². The van der Waals surface area contributed by atoms with Gasteiger partial charge in [0.1, 0.15) is 0 Å². The smallest absolute Gasteiger partial charge is 0.0406 e. The first-order chi connectivity index (χ1) is 9.19. The molecule has 0 amide bonds. The average Bonchev–Trinajstić information content (AvgIpc) is 2.42. The molecular formula is C17H26ClN. The molecule has 1 aromatic rings. The monoisotopic (exact) mass is 279 g/mol. The van der Waals surface area contributed by atoms with Crippen LogP contribution in [0.25, 0.3) is 0 Å². The standard InChI is InChI=1S/C17H26ClN/c1-3-19-17(15-8-4-13(2)5-9-15)12-14-6-10-16(18)11-7-14/h6-7,10-11,13,15,17,19H,3-5,8-9,12H2,1-2H3. The second-order valence-electron chi connectivity index (χ2n) is 6.01. The molecule has 0 aliphatic heterocycles. The van der Waals surface area contributed by atoms with Gasteiger partial charge in [0.2, 0.25) is 0 Å². The van der Waals surface area contributed by atoms with E-state index in [-0.39, 0.29) is 0 Å². The number of hydrogen-bond acceptors (Lipinski definition) is 1. The maximum Gasteiger partial charge on any atom is 0.0406 e. The number of hydrogen-bond donors (Lipinski definition) is 1. The van der Waals surface area contributed by atoms with E-state index >= 15 is 0 Å². The zero-order valence-electron chi connectivity index (χ0n) is 12.2. The van der Waals surface area contributed by atoms with Gasteiger partial charge in [0.05, 0.1) is 0 Å².